The van der Waals surface area contributed by atoms with Crippen molar-refractivity contribution in [2.45, 2.75) is 66.8 Å². The van der Waals surface area contributed by atoms with Crippen LogP contribution in [0.1, 0.15) is 69.8 Å². The van der Waals surface area contributed by atoms with E-state index in [0.29, 0.717) is 49.6 Å². The quantitative estimate of drug-likeness (QED) is 0.605. The van der Waals surface area contributed by atoms with E-state index in [1.807, 2.05) is 19.9 Å². The minimum absolute atomic E-state index is 0.124. The number of benzene rings is 1. The first-order valence-corrected chi connectivity index (χ1v) is 11.1. The van der Waals surface area contributed by atoms with E-state index >= 15 is 0 Å². The molecule has 0 aliphatic carbocycles. The average Bonchev–Trinajstić information content (AvgIpc) is 2.77. The lowest BCUT2D eigenvalue weighted by atomic mass is 9.96. The van der Waals surface area contributed by atoms with E-state index in [1.165, 1.54) is 25.8 Å². The van der Waals surface area contributed by atoms with Crippen LogP contribution in [0.25, 0.3) is 11.3 Å². The number of fused-ring (bicyclic) bond motifs is 3. The molecule has 0 radical (unpaired) electrons. The van der Waals surface area contributed by atoms with Crippen LogP contribution in [0.15, 0.2) is 29.2 Å². The summed E-state index contributed by atoms with van der Waals surface area (Å²) in [6.45, 7) is 10.8. The Hall–Kier alpha value is -3.09. The molecule has 1 aliphatic rings. The second-order valence-corrected chi connectivity index (χ2v) is 7.21. The lowest BCUT2D eigenvalue weighted by Gasteiger charge is -2.24. The summed E-state index contributed by atoms with van der Waals surface area (Å²) in [7, 11) is 1.54. The standard InChI is InChI=1S/C20H21NO6.C3H8.C2H6/c1-12(22)4-3-7-27-19-8-13-5-6-21-11-15(20(24)25)17(23)10-16(21)14(13)9-18(19)26-2;1-3-2;1-2/h8-11H,3-7H2,1-2H3,(H,24,25);3H2,1-2H3;1-2H3. The smallest absolute Gasteiger partial charge is 0.341 e. The normalized spacial score (nSPS) is 10.9. The van der Waals surface area contributed by atoms with Gasteiger partial charge in [-0.05, 0) is 37.5 Å². The van der Waals surface area contributed by atoms with E-state index in [4.69, 9.17) is 14.6 Å². The molecule has 7 nitrogen and oxygen atoms in total. The Labute approximate surface area is 190 Å². The molecule has 0 amide bonds. The first-order valence-electron chi connectivity index (χ1n) is 11.1. The number of aromatic carboxylic acids is 1. The monoisotopic (exact) mass is 445 g/mol. The molecule has 7 heteroatoms. The number of Topliss-reactive ketones (excluding diaryl/α,β-unsaturated/α-hetero) is 1. The fraction of sp³-hybridized carbons (Fsp3) is 0.480. The van der Waals surface area contributed by atoms with Gasteiger partial charge in [0.15, 0.2) is 16.9 Å². The zero-order valence-electron chi connectivity index (χ0n) is 20.0. The Kier molecular flexibility index (Phi) is 11.2. The number of aryl methyl sites for hydroxylation is 2. The van der Waals surface area contributed by atoms with E-state index in [1.54, 1.807) is 17.6 Å². The molecule has 1 aromatic heterocycles. The van der Waals surface area contributed by atoms with Gasteiger partial charge in [-0.1, -0.05) is 34.1 Å². The summed E-state index contributed by atoms with van der Waals surface area (Å²) in [5, 5.41) is 9.15. The number of hydrogen-bond donors (Lipinski definition) is 1. The maximum atomic E-state index is 12.1. The number of methoxy groups -OCH3 is 1. The molecule has 1 aromatic carbocycles. The Morgan fingerprint density at radius 2 is 1.78 bits per heavy atom. The summed E-state index contributed by atoms with van der Waals surface area (Å²) < 4.78 is 13.0. The molecule has 1 N–H and O–H groups in total. The van der Waals surface area contributed by atoms with Crippen molar-refractivity contribution in [2.75, 3.05) is 13.7 Å². The van der Waals surface area contributed by atoms with Crippen LogP contribution in [-0.2, 0) is 17.8 Å². The number of hydrogen-bond acceptors (Lipinski definition) is 5. The fourth-order valence-electron chi connectivity index (χ4n) is 3.22. The number of carbonyl (C=O) groups excluding carboxylic acids is 1. The Morgan fingerprint density at radius 1 is 1.12 bits per heavy atom. The summed E-state index contributed by atoms with van der Waals surface area (Å²) in [5.41, 5.74) is 1.72. The number of aromatic nitrogens is 1. The number of rotatable bonds is 7. The first kappa shape index (κ1) is 26.9. The van der Waals surface area contributed by atoms with Crippen LogP contribution in [0.4, 0.5) is 0 Å². The van der Waals surface area contributed by atoms with Gasteiger partial charge in [-0.3, -0.25) is 4.79 Å². The minimum Gasteiger partial charge on any atom is -0.493 e. The van der Waals surface area contributed by atoms with Gasteiger partial charge in [0.2, 0.25) is 0 Å². The highest BCUT2D eigenvalue weighted by molar-refractivity contribution is 5.87. The molecule has 0 fully saturated rings. The van der Waals surface area contributed by atoms with Crippen molar-refractivity contribution in [3.8, 4) is 22.8 Å². The molecule has 1 aliphatic heterocycles. The van der Waals surface area contributed by atoms with E-state index in [9.17, 15) is 14.4 Å². The molecule has 0 unspecified atom stereocenters. The molecule has 2 heterocycles. The van der Waals surface area contributed by atoms with Crippen molar-refractivity contribution in [3.63, 3.8) is 0 Å². The highest BCUT2D eigenvalue weighted by atomic mass is 16.5. The molecular formula is C25H35NO6. The van der Waals surface area contributed by atoms with Crippen LogP contribution < -0.4 is 14.9 Å². The molecule has 0 saturated heterocycles. The Bertz CT molecular complexity index is 977. The van der Waals surface area contributed by atoms with Gasteiger partial charge < -0.3 is 23.9 Å². The van der Waals surface area contributed by atoms with E-state index in [2.05, 4.69) is 13.8 Å². The minimum atomic E-state index is -1.23. The van der Waals surface area contributed by atoms with Crippen molar-refractivity contribution < 1.29 is 24.2 Å². The second-order valence-electron chi connectivity index (χ2n) is 7.21. The zero-order chi connectivity index (χ0) is 24.3. The fourth-order valence-corrected chi connectivity index (χ4v) is 3.22. The lowest BCUT2D eigenvalue weighted by Crippen LogP contribution is -2.22. The van der Waals surface area contributed by atoms with E-state index in [-0.39, 0.29) is 11.3 Å². The van der Waals surface area contributed by atoms with Gasteiger partial charge in [0.25, 0.3) is 0 Å². The predicted octanol–water partition coefficient (Wildman–Crippen LogP) is 4.97. The third-order valence-electron chi connectivity index (χ3n) is 4.58. The third-order valence-corrected chi connectivity index (χ3v) is 4.58. The molecular weight excluding hydrogens is 410 g/mol. The van der Waals surface area contributed by atoms with Gasteiger partial charge in [0, 0.05) is 30.8 Å². The maximum Gasteiger partial charge on any atom is 0.341 e. The van der Waals surface area contributed by atoms with Gasteiger partial charge >= 0.3 is 5.97 Å². The molecule has 0 atom stereocenters. The molecule has 32 heavy (non-hydrogen) atoms. The van der Waals surface area contributed by atoms with Gasteiger partial charge in [0.05, 0.1) is 19.4 Å². The summed E-state index contributed by atoms with van der Waals surface area (Å²) in [6.07, 6.45) is 4.42. The van der Waals surface area contributed by atoms with Gasteiger partial charge in [-0.25, -0.2) is 4.79 Å². The molecule has 176 valence electrons. The number of ketones is 1. The van der Waals surface area contributed by atoms with Gasteiger partial charge in [0.1, 0.15) is 11.3 Å². The Morgan fingerprint density at radius 3 is 2.34 bits per heavy atom. The van der Waals surface area contributed by atoms with Crippen LogP contribution in [-0.4, -0.2) is 35.1 Å². The molecule has 2 aromatic rings. The van der Waals surface area contributed by atoms with Crippen molar-refractivity contribution >= 4 is 11.8 Å². The van der Waals surface area contributed by atoms with Crippen LogP contribution in [0.3, 0.4) is 0 Å². The second kappa shape index (κ2) is 13.3. The molecule has 0 saturated carbocycles. The van der Waals surface area contributed by atoms with E-state index in [0.717, 1.165) is 11.1 Å². The number of carboxylic acid groups (broad SMARTS) is 1. The topological polar surface area (TPSA) is 94.8 Å². The van der Waals surface area contributed by atoms with Crippen molar-refractivity contribution in [1.29, 1.82) is 0 Å². The van der Waals surface area contributed by atoms with Crippen molar-refractivity contribution in [1.82, 2.24) is 4.57 Å². The highest BCUT2D eigenvalue weighted by Gasteiger charge is 2.22. The zero-order valence-corrected chi connectivity index (χ0v) is 20.0. The first-order chi connectivity index (χ1) is 15.3. The van der Waals surface area contributed by atoms with Gasteiger partial charge in [-0.15, -0.1) is 0 Å². The van der Waals surface area contributed by atoms with Gasteiger partial charge in [-0.2, -0.15) is 0 Å². The number of pyridine rings is 1. The lowest BCUT2D eigenvalue weighted by molar-refractivity contribution is -0.117. The summed E-state index contributed by atoms with van der Waals surface area (Å²) >= 11 is 0. The van der Waals surface area contributed by atoms with Crippen LogP contribution in [0.2, 0.25) is 0 Å². The summed E-state index contributed by atoms with van der Waals surface area (Å²) in [6, 6.07) is 5.05. The number of nitrogens with zero attached hydrogens (tertiary/aromatic N) is 1. The van der Waals surface area contributed by atoms with Crippen LogP contribution in [0, 0.1) is 0 Å². The molecule has 0 spiro atoms. The van der Waals surface area contributed by atoms with Crippen molar-refractivity contribution in [2.24, 2.45) is 0 Å². The van der Waals surface area contributed by atoms with E-state index < -0.39 is 11.4 Å². The highest BCUT2D eigenvalue weighted by Crippen LogP contribution is 2.38. The molecule has 3 rings (SSSR count). The number of carboxylic acids is 1. The summed E-state index contributed by atoms with van der Waals surface area (Å²) in [4.78, 5) is 34.3. The Balaban J connectivity index is 0.000000944. The van der Waals surface area contributed by atoms with Crippen molar-refractivity contribution in [3.05, 3.63) is 45.7 Å². The molecule has 0 bridgehead atoms. The largest absolute Gasteiger partial charge is 0.493 e. The maximum absolute atomic E-state index is 12.1. The van der Waals surface area contributed by atoms with Crippen LogP contribution in [0.5, 0.6) is 11.5 Å². The number of ether oxygens (including phenoxy) is 2. The SMILES string of the molecule is CC.CCC.COc1cc2c(cc1OCCCC(C)=O)CCn1cc(C(=O)O)c(=O)cc1-2. The number of carbonyl (C=O) groups is 2. The van der Waals surface area contributed by atoms with Crippen LogP contribution >= 0.6 is 0 Å². The third kappa shape index (κ3) is 6.97. The predicted molar refractivity (Wildman–Crippen MR) is 126 cm³/mol. The summed E-state index contributed by atoms with van der Waals surface area (Å²) in [5.74, 6) is 0.0179. The average molecular weight is 446 g/mol.